The van der Waals surface area contributed by atoms with Crippen LogP contribution in [-0.2, 0) is 4.79 Å². The molecule has 2 rings (SSSR count). The van der Waals surface area contributed by atoms with Crippen LogP contribution in [0.15, 0.2) is 24.3 Å². The van der Waals surface area contributed by atoms with Crippen molar-refractivity contribution in [2.45, 2.75) is 45.7 Å². The number of rotatable bonds is 3. The number of carbonyl (C=O) groups excluding carboxylic acids is 1. The average Bonchev–Trinajstić information content (AvgIpc) is 2.37. The standard InChI is InChI=1S/C16H23ClN2O/c1-11(12-6-4-7-13(17)10-12)19-15(20)14-16(2,3)8-5-9-18-14/h4,6-7,10-11,14,18H,5,8-9H2,1-3H3,(H,19,20)/t11-,14?/m1/s1. The summed E-state index contributed by atoms with van der Waals surface area (Å²) >= 11 is 5.99. The molecule has 4 heteroatoms. The number of hydrogen-bond acceptors (Lipinski definition) is 2. The second kappa shape index (κ2) is 6.15. The van der Waals surface area contributed by atoms with Crippen molar-refractivity contribution in [1.29, 1.82) is 0 Å². The van der Waals surface area contributed by atoms with Crippen LogP contribution in [0.5, 0.6) is 0 Å². The van der Waals surface area contributed by atoms with Gasteiger partial charge in [-0.25, -0.2) is 0 Å². The molecular formula is C16H23ClN2O. The molecule has 2 N–H and O–H groups in total. The van der Waals surface area contributed by atoms with Gasteiger partial charge in [-0.3, -0.25) is 4.79 Å². The van der Waals surface area contributed by atoms with Crippen LogP contribution in [0.2, 0.25) is 5.02 Å². The van der Waals surface area contributed by atoms with Crippen LogP contribution in [0.3, 0.4) is 0 Å². The molecule has 1 aromatic carbocycles. The summed E-state index contributed by atoms with van der Waals surface area (Å²) in [6.45, 7) is 7.19. The van der Waals surface area contributed by atoms with Gasteiger partial charge in [-0.1, -0.05) is 37.6 Å². The summed E-state index contributed by atoms with van der Waals surface area (Å²) in [5.41, 5.74) is 1.02. The van der Waals surface area contributed by atoms with Gasteiger partial charge >= 0.3 is 0 Å². The number of halogens is 1. The highest BCUT2D eigenvalue weighted by atomic mass is 35.5. The molecule has 110 valence electrons. The Bertz CT molecular complexity index is 487. The molecule has 0 bridgehead atoms. The minimum atomic E-state index is -0.127. The van der Waals surface area contributed by atoms with Crippen LogP contribution >= 0.6 is 11.6 Å². The van der Waals surface area contributed by atoms with Crippen molar-refractivity contribution in [3.8, 4) is 0 Å². The first-order valence-electron chi connectivity index (χ1n) is 7.19. The van der Waals surface area contributed by atoms with E-state index in [1.54, 1.807) is 0 Å². The van der Waals surface area contributed by atoms with E-state index < -0.39 is 0 Å². The van der Waals surface area contributed by atoms with Crippen LogP contribution in [0, 0.1) is 5.41 Å². The van der Waals surface area contributed by atoms with Gasteiger partial charge in [-0.2, -0.15) is 0 Å². The zero-order valence-corrected chi connectivity index (χ0v) is 13.1. The number of hydrogen-bond donors (Lipinski definition) is 2. The normalized spacial score (nSPS) is 23.1. The molecule has 20 heavy (non-hydrogen) atoms. The fourth-order valence-corrected chi connectivity index (χ4v) is 3.01. The zero-order valence-electron chi connectivity index (χ0n) is 12.4. The van der Waals surface area contributed by atoms with Crippen molar-refractivity contribution in [2.24, 2.45) is 5.41 Å². The number of benzene rings is 1. The second-order valence-electron chi connectivity index (χ2n) is 6.26. The molecule has 0 aliphatic carbocycles. The second-order valence-corrected chi connectivity index (χ2v) is 6.70. The van der Waals surface area contributed by atoms with Crippen LogP contribution in [0.25, 0.3) is 0 Å². The van der Waals surface area contributed by atoms with Crippen molar-refractivity contribution in [2.75, 3.05) is 6.54 Å². The Morgan fingerprint density at radius 1 is 1.50 bits per heavy atom. The number of piperidine rings is 1. The van der Waals surface area contributed by atoms with Gasteiger partial charge in [-0.15, -0.1) is 0 Å². The molecule has 1 aromatic rings. The summed E-state index contributed by atoms with van der Waals surface area (Å²) in [6, 6.07) is 7.45. The largest absolute Gasteiger partial charge is 0.348 e. The lowest BCUT2D eigenvalue weighted by Gasteiger charge is -2.38. The third-order valence-corrected chi connectivity index (χ3v) is 4.33. The average molecular weight is 295 g/mol. The van der Waals surface area contributed by atoms with Crippen molar-refractivity contribution in [1.82, 2.24) is 10.6 Å². The molecule has 1 heterocycles. The lowest BCUT2D eigenvalue weighted by Crippen LogP contribution is -2.55. The predicted octanol–water partition coefficient (Wildman–Crippen LogP) is 3.30. The monoisotopic (exact) mass is 294 g/mol. The fourth-order valence-electron chi connectivity index (χ4n) is 2.81. The van der Waals surface area contributed by atoms with E-state index in [0.29, 0.717) is 5.02 Å². The summed E-state index contributed by atoms with van der Waals surface area (Å²) in [5.74, 6) is 0.0715. The summed E-state index contributed by atoms with van der Waals surface area (Å²) in [4.78, 5) is 12.5. The molecule has 1 unspecified atom stereocenters. The van der Waals surface area contributed by atoms with Crippen molar-refractivity contribution in [3.63, 3.8) is 0 Å². The maximum Gasteiger partial charge on any atom is 0.238 e. The first kappa shape index (κ1) is 15.3. The maximum absolute atomic E-state index is 12.5. The lowest BCUT2D eigenvalue weighted by molar-refractivity contribution is -0.127. The Balaban J connectivity index is 2.03. The predicted molar refractivity (Wildman–Crippen MR) is 82.8 cm³/mol. The molecule has 1 fully saturated rings. The third-order valence-electron chi connectivity index (χ3n) is 4.10. The van der Waals surface area contributed by atoms with E-state index in [9.17, 15) is 4.79 Å². The minimum absolute atomic E-state index is 0.00359. The molecule has 0 spiro atoms. The van der Waals surface area contributed by atoms with E-state index in [0.717, 1.165) is 24.9 Å². The van der Waals surface area contributed by atoms with Crippen molar-refractivity contribution in [3.05, 3.63) is 34.9 Å². The molecular weight excluding hydrogens is 272 g/mol. The van der Waals surface area contributed by atoms with Gasteiger partial charge in [0.2, 0.25) is 5.91 Å². The summed E-state index contributed by atoms with van der Waals surface area (Å²) < 4.78 is 0. The quantitative estimate of drug-likeness (QED) is 0.898. The Morgan fingerprint density at radius 2 is 2.25 bits per heavy atom. The molecule has 1 amide bonds. The molecule has 0 saturated carbocycles. The highest BCUT2D eigenvalue weighted by Gasteiger charge is 2.37. The van der Waals surface area contributed by atoms with Crippen molar-refractivity contribution >= 4 is 17.5 Å². The van der Waals surface area contributed by atoms with Crippen LogP contribution < -0.4 is 10.6 Å². The van der Waals surface area contributed by atoms with E-state index in [2.05, 4.69) is 24.5 Å². The minimum Gasteiger partial charge on any atom is -0.348 e. The van der Waals surface area contributed by atoms with Gasteiger partial charge in [0.05, 0.1) is 12.1 Å². The molecule has 1 aliphatic rings. The highest BCUT2D eigenvalue weighted by molar-refractivity contribution is 6.30. The van der Waals surface area contributed by atoms with Gasteiger partial charge in [-0.05, 0) is 49.4 Å². The van der Waals surface area contributed by atoms with E-state index in [1.165, 1.54) is 0 Å². The topological polar surface area (TPSA) is 41.1 Å². The number of nitrogens with one attached hydrogen (secondary N) is 2. The molecule has 0 radical (unpaired) electrons. The molecule has 3 nitrogen and oxygen atoms in total. The van der Waals surface area contributed by atoms with Crippen LogP contribution in [0.4, 0.5) is 0 Å². The Kier molecular flexibility index (Phi) is 4.71. The van der Waals surface area contributed by atoms with Crippen LogP contribution in [0.1, 0.15) is 45.2 Å². The van der Waals surface area contributed by atoms with Gasteiger partial charge < -0.3 is 10.6 Å². The fraction of sp³-hybridized carbons (Fsp3) is 0.562. The summed E-state index contributed by atoms with van der Waals surface area (Å²) in [5, 5.41) is 7.12. The van der Waals surface area contributed by atoms with Gasteiger partial charge in [0.15, 0.2) is 0 Å². The lowest BCUT2D eigenvalue weighted by atomic mass is 9.77. The van der Waals surface area contributed by atoms with E-state index in [-0.39, 0.29) is 23.4 Å². The molecule has 0 aromatic heterocycles. The summed E-state index contributed by atoms with van der Waals surface area (Å²) in [6.07, 6.45) is 2.20. The number of amides is 1. The van der Waals surface area contributed by atoms with Gasteiger partial charge in [0, 0.05) is 5.02 Å². The SMILES string of the molecule is C[C@@H](NC(=O)C1NCCCC1(C)C)c1cccc(Cl)c1. The maximum atomic E-state index is 12.5. The first-order chi connectivity index (χ1) is 9.40. The van der Waals surface area contributed by atoms with E-state index in [1.807, 2.05) is 31.2 Å². The Morgan fingerprint density at radius 3 is 2.90 bits per heavy atom. The summed E-state index contributed by atoms with van der Waals surface area (Å²) in [7, 11) is 0. The molecule has 1 aliphatic heterocycles. The van der Waals surface area contributed by atoms with Gasteiger partial charge in [0.1, 0.15) is 0 Å². The molecule has 2 atom stereocenters. The van der Waals surface area contributed by atoms with E-state index in [4.69, 9.17) is 11.6 Å². The van der Waals surface area contributed by atoms with Crippen molar-refractivity contribution < 1.29 is 4.79 Å². The smallest absolute Gasteiger partial charge is 0.238 e. The zero-order chi connectivity index (χ0) is 14.8. The Hall–Kier alpha value is -1.06. The van der Waals surface area contributed by atoms with Crippen LogP contribution in [-0.4, -0.2) is 18.5 Å². The number of carbonyl (C=O) groups is 1. The van der Waals surface area contributed by atoms with E-state index >= 15 is 0 Å². The van der Waals surface area contributed by atoms with Gasteiger partial charge in [0.25, 0.3) is 0 Å². The third kappa shape index (κ3) is 3.53. The Labute approximate surface area is 126 Å². The molecule has 1 saturated heterocycles. The highest BCUT2D eigenvalue weighted by Crippen LogP contribution is 2.30. The first-order valence-corrected chi connectivity index (χ1v) is 7.57.